The summed E-state index contributed by atoms with van der Waals surface area (Å²) in [5.74, 6) is -2.45. The van der Waals surface area contributed by atoms with Crippen molar-refractivity contribution in [2.24, 2.45) is 0 Å². The molecule has 0 spiro atoms. The third-order valence-corrected chi connectivity index (χ3v) is 3.28. The van der Waals surface area contributed by atoms with Crippen molar-refractivity contribution in [3.8, 4) is 5.75 Å². The zero-order valence-corrected chi connectivity index (χ0v) is 11.6. The van der Waals surface area contributed by atoms with Gasteiger partial charge in [-0.3, -0.25) is 4.79 Å². The highest BCUT2D eigenvalue weighted by molar-refractivity contribution is 14.1. The molecule has 2 N–H and O–H groups in total. The van der Waals surface area contributed by atoms with Crippen molar-refractivity contribution in [3.05, 3.63) is 57.2 Å². The van der Waals surface area contributed by atoms with Crippen LogP contribution in [0, 0.1) is 15.2 Å². The van der Waals surface area contributed by atoms with E-state index in [1.165, 1.54) is 6.07 Å². The van der Waals surface area contributed by atoms with Gasteiger partial charge in [0.2, 0.25) is 0 Å². The normalized spacial score (nSPS) is 10.3. The number of benzene rings is 2. The monoisotopic (exact) mass is 375 g/mol. The fourth-order valence-corrected chi connectivity index (χ4v) is 1.98. The molecule has 0 saturated carbocycles. The SMILES string of the molecule is O=C(Nc1ccc(F)cc1F)c1cccc(I)c1O. The van der Waals surface area contributed by atoms with Gasteiger partial charge in [-0.25, -0.2) is 8.78 Å². The second-order valence-corrected chi connectivity index (χ2v) is 4.88. The van der Waals surface area contributed by atoms with Crippen LogP contribution < -0.4 is 5.32 Å². The van der Waals surface area contributed by atoms with Crippen LogP contribution in [-0.2, 0) is 0 Å². The van der Waals surface area contributed by atoms with Crippen LogP contribution in [0.3, 0.4) is 0 Å². The van der Waals surface area contributed by atoms with Crippen molar-refractivity contribution in [1.82, 2.24) is 0 Å². The molecule has 0 aliphatic carbocycles. The maximum absolute atomic E-state index is 13.4. The molecule has 0 unspecified atom stereocenters. The minimum Gasteiger partial charge on any atom is -0.506 e. The van der Waals surface area contributed by atoms with Crippen LogP contribution in [0.5, 0.6) is 5.75 Å². The summed E-state index contributed by atoms with van der Waals surface area (Å²) in [5, 5.41) is 12.0. The predicted molar refractivity (Wildman–Crippen MR) is 75.1 cm³/mol. The van der Waals surface area contributed by atoms with Crippen LogP contribution in [-0.4, -0.2) is 11.0 Å². The van der Waals surface area contributed by atoms with Crippen LogP contribution in [0.1, 0.15) is 10.4 Å². The second kappa shape index (κ2) is 5.52. The lowest BCUT2D eigenvalue weighted by molar-refractivity contribution is 0.102. The van der Waals surface area contributed by atoms with Crippen molar-refractivity contribution in [2.45, 2.75) is 0 Å². The number of aromatic hydroxyl groups is 1. The average Bonchev–Trinajstić information content (AvgIpc) is 2.36. The first kappa shape index (κ1) is 13.7. The molecule has 0 saturated heterocycles. The van der Waals surface area contributed by atoms with E-state index in [-0.39, 0.29) is 17.0 Å². The van der Waals surface area contributed by atoms with Crippen molar-refractivity contribution >= 4 is 34.2 Å². The Hall–Kier alpha value is -1.70. The Labute approximate surface area is 121 Å². The number of hydrogen-bond acceptors (Lipinski definition) is 2. The zero-order chi connectivity index (χ0) is 14.0. The van der Waals surface area contributed by atoms with E-state index in [2.05, 4.69) is 5.32 Å². The third kappa shape index (κ3) is 3.01. The Bertz CT molecular complexity index is 647. The molecule has 0 atom stereocenters. The van der Waals surface area contributed by atoms with E-state index in [4.69, 9.17) is 0 Å². The number of carbonyl (C=O) groups is 1. The first-order valence-corrected chi connectivity index (χ1v) is 6.31. The number of hydrogen-bond donors (Lipinski definition) is 2. The van der Waals surface area contributed by atoms with Gasteiger partial charge in [-0.2, -0.15) is 0 Å². The number of anilines is 1. The molecule has 0 heterocycles. The van der Waals surface area contributed by atoms with Crippen LogP contribution in [0.15, 0.2) is 36.4 Å². The van der Waals surface area contributed by atoms with E-state index in [0.717, 1.165) is 12.1 Å². The van der Waals surface area contributed by atoms with Gasteiger partial charge in [0.05, 0.1) is 14.8 Å². The largest absolute Gasteiger partial charge is 0.506 e. The number of nitrogens with one attached hydrogen (secondary N) is 1. The molecule has 2 aromatic rings. The molecule has 98 valence electrons. The lowest BCUT2D eigenvalue weighted by Crippen LogP contribution is -2.13. The molecule has 1 amide bonds. The smallest absolute Gasteiger partial charge is 0.259 e. The van der Waals surface area contributed by atoms with Crippen molar-refractivity contribution in [2.75, 3.05) is 5.32 Å². The summed E-state index contributed by atoms with van der Waals surface area (Å²) in [7, 11) is 0. The Kier molecular flexibility index (Phi) is 3.98. The summed E-state index contributed by atoms with van der Waals surface area (Å²) >= 11 is 1.87. The van der Waals surface area contributed by atoms with E-state index >= 15 is 0 Å². The summed E-state index contributed by atoms with van der Waals surface area (Å²) in [6.45, 7) is 0. The van der Waals surface area contributed by atoms with Gasteiger partial charge in [-0.05, 0) is 46.9 Å². The van der Waals surface area contributed by atoms with E-state index in [1.807, 2.05) is 22.6 Å². The molecule has 2 aromatic carbocycles. The summed E-state index contributed by atoms with van der Waals surface area (Å²) in [5.41, 5.74) is -0.125. The number of halogens is 3. The lowest BCUT2D eigenvalue weighted by atomic mass is 10.2. The number of para-hydroxylation sites is 1. The van der Waals surface area contributed by atoms with Gasteiger partial charge in [-0.15, -0.1) is 0 Å². The minimum absolute atomic E-state index is 0.0237. The van der Waals surface area contributed by atoms with Gasteiger partial charge in [0.15, 0.2) is 0 Å². The van der Waals surface area contributed by atoms with Gasteiger partial charge < -0.3 is 10.4 Å². The van der Waals surface area contributed by atoms with Crippen molar-refractivity contribution in [1.29, 1.82) is 0 Å². The Balaban J connectivity index is 2.28. The molecular formula is C13H8F2INO2. The molecule has 0 aromatic heterocycles. The van der Waals surface area contributed by atoms with Crippen LogP contribution >= 0.6 is 22.6 Å². The van der Waals surface area contributed by atoms with Gasteiger partial charge in [0.25, 0.3) is 5.91 Å². The van der Waals surface area contributed by atoms with Gasteiger partial charge in [0.1, 0.15) is 17.4 Å². The minimum atomic E-state index is -0.876. The molecule has 0 fully saturated rings. The predicted octanol–water partition coefficient (Wildman–Crippen LogP) is 3.53. The number of rotatable bonds is 2. The second-order valence-electron chi connectivity index (χ2n) is 3.71. The Morgan fingerprint density at radius 3 is 2.63 bits per heavy atom. The fourth-order valence-electron chi connectivity index (χ4n) is 1.48. The molecular weight excluding hydrogens is 367 g/mol. The highest BCUT2D eigenvalue weighted by atomic mass is 127. The summed E-state index contributed by atoms with van der Waals surface area (Å²) in [4.78, 5) is 11.9. The maximum atomic E-state index is 13.4. The molecule has 0 bridgehead atoms. The topological polar surface area (TPSA) is 49.3 Å². The molecule has 0 radical (unpaired) electrons. The lowest BCUT2D eigenvalue weighted by Gasteiger charge is -2.08. The molecule has 6 heteroatoms. The van der Waals surface area contributed by atoms with Crippen LogP contribution in [0.25, 0.3) is 0 Å². The molecule has 2 rings (SSSR count). The van der Waals surface area contributed by atoms with Gasteiger partial charge in [0, 0.05) is 6.07 Å². The van der Waals surface area contributed by atoms with E-state index < -0.39 is 17.5 Å². The molecule has 3 nitrogen and oxygen atoms in total. The van der Waals surface area contributed by atoms with E-state index in [9.17, 15) is 18.7 Å². The maximum Gasteiger partial charge on any atom is 0.259 e. The van der Waals surface area contributed by atoms with Gasteiger partial charge >= 0.3 is 0 Å². The fraction of sp³-hybridized carbons (Fsp3) is 0. The number of amides is 1. The van der Waals surface area contributed by atoms with Crippen molar-refractivity contribution < 1.29 is 18.7 Å². The Morgan fingerprint density at radius 1 is 1.21 bits per heavy atom. The number of phenols is 1. The summed E-state index contributed by atoms with van der Waals surface area (Å²) < 4.78 is 26.6. The Morgan fingerprint density at radius 2 is 1.95 bits per heavy atom. The molecule has 0 aliphatic heterocycles. The standard InChI is InChI=1S/C13H8F2INO2/c14-7-4-5-11(9(15)6-7)17-13(19)8-2-1-3-10(16)12(8)18/h1-6,18H,(H,17,19). The van der Waals surface area contributed by atoms with Gasteiger partial charge in [-0.1, -0.05) is 6.07 Å². The van der Waals surface area contributed by atoms with Crippen molar-refractivity contribution in [3.63, 3.8) is 0 Å². The summed E-state index contributed by atoms with van der Waals surface area (Å²) in [6.07, 6.45) is 0. The van der Waals surface area contributed by atoms with Crippen LogP contribution in [0.4, 0.5) is 14.5 Å². The highest BCUT2D eigenvalue weighted by Crippen LogP contribution is 2.25. The summed E-state index contributed by atoms with van der Waals surface area (Å²) in [6, 6.07) is 7.46. The van der Waals surface area contributed by atoms with Crippen LogP contribution in [0.2, 0.25) is 0 Å². The first-order valence-electron chi connectivity index (χ1n) is 5.23. The molecule has 19 heavy (non-hydrogen) atoms. The highest BCUT2D eigenvalue weighted by Gasteiger charge is 2.15. The third-order valence-electron chi connectivity index (χ3n) is 2.41. The first-order chi connectivity index (χ1) is 8.99. The van der Waals surface area contributed by atoms with E-state index in [1.54, 1.807) is 12.1 Å². The molecule has 0 aliphatic rings. The quantitative estimate of drug-likeness (QED) is 0.790. The number of phenolic OH excluding ortho intramolecular Hbond substituents is 1. The average molecular weight is 375 g/mol. The van der Waals surface area contributed by atoms with E-state index in [0.29, 0.717) is 9.64 Å². The zero-order valence-electron chi connectivity index (χ0n) is 9.45. The number of carbonyl (C=O) groups excluding carboxylic acids is 1.